The zero-order valence-electron chi connectivity index (χ0n) is 8.92. The van der Waals surface area contributed by atoms with Crippen LogP contribution < -0.4 is 5.32 Å². The average Bonchev–Trinajstić information content (AvgIpc) is 2.43. The van der Waals surface area contributed by atoms with Crippen LogP contribution >= 0.6 is 0 Å². The molecule has 0 radical (unpaired) electrons. The lowest BCUT2D eigenvalue weighted by Gasteiger charge is -2.40. The first-order valence-electron chi connectivity index (χ1n) is 5.76. The van der Waals surface area contributed by atoms with Gasteiger partial charge in [0.1, 0.15) is 0 Å². The van der Waals surface area contributed by atoms with Crippen LogP contribution in [0.15, 0.2) is 0 Å². The highest BCUT2D eigenvalue weighted by molar-refractivity contribution is 4.89. The number of nitrogens with one attached hydrogen (secondary N) is 1. The third kappa shape index (κ3) is 2.23. The van der Waals surface area contributed by atoms with Crippen LogP contribution in [0.3, 0.4) is 0 Å². The zero-order valence-corrected chi connectivity index (χ0v) is 8.92. The van der Waals surface area contributed by atoms with Gasteiger partial charge in [0.15, 0.2) is 0 Å². The summed E-state index contributed by atoms with van der Waals surface area (Å²) in [5.74, 6) is 0.958. The Labute approximate surface area is 81.7 Å². The third-order valence-electron chi connectivity index (χ3n) is 3.57. The molecule has 2 aliphatic rings. The van der Waals surface area contributed by atoms with Crippen LogP contribution in [-0.2, 0) is 0 Å². The molecular formula is C11H22N2. The fourth-order valence-electron chi connectivity index (χ4n) is 2.63. The molecule has 1 heterocycles. The van der Waals surface area contributed by atoms with E-state index in [1.807, 2.05) is 0 Å². The first kappa shape index (κ1) is 9.47. The minimum atomic E-state index is 0.801. The summed E-state index contributed by atoms with van der Waals surface area (Å²) in [6.45, 7) is 8.40. The van der Waals surface area contributed by atoms with Crippen LogP contribution in [0, 0.1) is 5.92 Å². The Morgan fingerprint density at radius 2 is 2.00 bits per heavy atom. The second kappa shape index (κ2) is 3.97. The molecule has 76 valence electrons. The molecule has 2 fully saturated rings. The largest absolute Gasteiger partial charge is 0.309 e. The van der Waals surface area contributed by atoms with Gasteiger partial charge in [0, 0.05) is 25.2 Å². The Hall–Kier alpha value is -0.0800. The lowest BCUT2D eigenvalue weighted by atomic mass is 10.1. The molecule has 1 saturated carbocycles. The summed E-state index contributed by atoms with van der Waals surface area (Å²) < 4.78 is 0. The second-order valence-electron chi connectivity index (χ2n) is 4.83. The van der Waals surface area contributed by atoms with E-state index in [4.69, 9.17) is 0 Å². The smallest absolute Gasteiger partial charge is 0.0325 e. The first-order chi connectivity index (χ1) is 6.28. The fraction of sp³-hybridized carbons (Fsp3) is 1.00. The number of hydrogen-bond acceptors (Lipinski definition) is 2. The quantitative estimate of drug-likeness (QED) is 0.711. The van der Waals surface area contributed by atoms with Gasteiger partial charge in [-0.3, -0.25) is 0 Å². The normalized spacial score (nSPS) is 36.5. The van der Waals surface area contributed by atoms with Gasteiger partial charge in [0.05, 0.1) is 0 Å². The molecule has 2 rings (SSSR count). The highest BCUT2D eigenvalue weighted by Gasteiger charge is 2.29. The molecule has 0 spiro atoms. The van der Waals surface area contributed by atoms with Crippen molar-refractivity contribution in [2.75, 3.05) is 19.6 Å². The molecule has 1 saturated heterocycles. The Morgan fingerprint density at radius 1 is 1.23 bits per heavy atom. The van der Waals surface area contributed by atoms with Crippen molar-refractivity contribution in [3.05, 3.63) is 0 Å². The van der Waals surface area contributed by atoms with Gasteiger partial charge in [-0.1, -0.05) is 13.8 Å². The van der Waals surface area contributed by atoms with Crippen molar-refractivity contribution in [1.29, 1.82) is 0 Å². The summed E-state index contributed by atoms with van der Waals surface area (Å²) in [7, 11) is 0. The summed E-state index contributed by atoms with van der Waals surface area (Å²) in [6.07, 6.45) is 4.24. The summed E-state index contributed by atoms with van der Waals surface area (Å²) in [5.41, 5.74) is 0. The van der Waals surface area contributed by atoms with E-state index in [0.29, 0.717) is 0 Å². The van der Waals surface area contributed by atoms with Crippen molar-refractivity contribution < 1.29 is 0 Å². The standard InChI is InChI=1S/C11H22N2/c1-3-13-7-11(8-13)12-10-5-4-9(2)6-10/h9-12H,3-8H2,1-2H3. The van der Waals surface area contributed by atoms with Crippen LogP contribution in [0.2, 0.25) is 0 Å². The number of likely N-dealkylation sites (tertiary alicyclic amines) is 1. The molecule has 0 amide bonds. The van der Waals surface area contributed by atoms with Gasteiger partial charge < -0.3 is 10.2 Å². The van der Waals surface area contributed by atoms with E-state index in [-0.39, 0.29) is 0 Å². The summed E-state index contributed by atoms with van der Waals surface area (Å²) in [6, 6.07) is 1.63. The van der Waals surface area contributed by atoms with E-state index in [9.17, 15) is 0 Å². The van der Waals surface area contributed by atoms with E-state index in [0.717, 1.165) is 18.0 Å². The molecular weight excluding hydrogens is 160 g/mol. The Kier molecular flexibility index (Phi) is 2.89. The second-order valence-corrected chi connectivity index (χ2v) is 4.83. The fourth-order valence-corrected chi connectivity index (χ4v) is 2.63. The molecule has 2 atom stereocenters. The maximum atomic E-state index is 3.77. The summed E-state index contributed by atoms with van der Waals surface area (Å²) in [5, 5.41) is 3.77. The summed E-state index contributed by atoms with van der Waals surface area (Å²) >= 11 is 0. The van der Waals surface area contributed by atoms with Crippen molar-refractivity contribution in [2.45, 2.75) is 45.2 Å². The van der Waals surface area contributed by atoms with Crippen molar-refractivity contribution >= 4 is 0 Å². The molecule has 0 bridgehead atoms. The third-order valence-corrected chi connectivity index (χ3v) is 3.57. The summed E-state index contributed by atoms with van der Waals surface area (Å²) in [4.78, 5) is 2.50. The van der Waals surface area contributed by atoms with Gasteiger partial charge in [-0.05, 0) is 31.7 Å². The van der Waals surface area contributed by atoms with E-state index in [2.05, 4.69) is 24.1 Å². The van der Waals surface area contributed by atoms with Gasteiger partial charge in [-0.15, -0.1) is 0 Å². The highest BCUT2D eigenvalue weighted by atomic mass is 15.2. The van der Waals surface area contributed by atoms with Gasteiger partial charge in [0.25, 0.3) is 0 Å². The van der Waals surface area contributed by atoms with E-state index in [1.54, 1.807) is 0 Å². The van der Waals surface area contributed by atoms with Crippen molar-refractivity contribution in [3.8, 4) is 0 Å². The number of likely N-dealkylation sites (N-methyl/N-ethyl adjacent to an activating group) is 1. The molecule has 0 aromatic rings. The number of nitrogens with zero attached hydrogens (tertiary/aromatic N) is 1. The molecule has 0 aromatic heterocycles. The van der Waals surface area contributed by atoms with Gasteiger partial charge in [-0.25, -0.2) is 0 Å². The number of rotatable bonds is 3. The van der Waals surface area contributed by atoms with Crippen LogP contribution in [0.25, 0.3) is 0 Å². The van der Waals surface area contributed by atoms with Gasteiger partial charge in [-0.2, -0.15) is 0 Å². The molecule has 2 nitrogen and oxygen atoms in total. The Balaban J connectivity index is 1.64. The lowest BCUT2D eigenvalue weighted by Crippen LogP contribution is -2.59. The van der Waals surface area contributed by atoms with E-state index < -0.39 is 0 Å². The predicted octanol–water partition coefficient (Wildman–Crippen LogP) is 1.47. The maximum Gasteiger partial charge on any atom is 0.0325 e. The van der Waals surface area contributed by atoms with Crippen molar-refractivity contribution in [2.24, 2.45) is 5.92 Å². The molecule has 13 heavy (non-hydrogen) atoms. The molecule has 1 N–H and O–H groups in total. The van der Waals surface area contributed by atoms with Gasteiger partial charge >= 0.3 is 0 Å². The van der Waals surface area contributed by atoms with Gasteiger partial charge in [0.2, 0.25) is 0 Å². The van der Waals surface area contributed by atoms with Crippen molar-refractivity contribution in [3.63, 3.8) is 0 Å². The molecule has 1 aliphatic heterocycles. The molecule has 0 aromatic carbocycles. The lowest BCUT2D eigenvalue weighted by molar-refractivity contribution is 0.125. The van der Waals surface area contributed by atoms with E-state index >= 15 is 0 Å². The van der Waals surface area contributed by atoms with Crippen LogP contribution in [0.1, 0.15) is 33.1 Å². The molecule has 2 unspecified atom stereocenters. The topological polar surface area (TPSA) is 15.3 Å². The van der Waals surface area contributed by atoms with Crippen LogP contribution in [0.4, 0.5) is 0 Å². The average molecular weight is 182 g/mol. The number of hydrogen-bond donors (Lipinski definition) is 1. The van der Waals surface area contributed by atoms with Crippen LogP contribution in [0.5, 0.6) is 0 Å². The Morgan fingerprint density at radius 3 is 2.54 bits per heavy atom. The minimum Gasteiger partial charge on any atom is -0.309 e. The van der Waals surface area contributed by atoms with Crippen LogP contribution in [-0.4, -0.2) is 36.6 Å². The monoisotopic (exact) mass is 182 g/mol. The SMILES string of the molecule is CCN1CC(NC2CCC(C)C2)C1. The minimum absolute atomic E-state index is 0.801. The zero-order chi connectivity index (χ0) is 9.26. The molecule has 1 aliphatic carbocycles. The van der Waals surface area contributed by atoms with Crippen molar-refractivity contribution in [1.82, 2.24) is 10.2 Å². The first-order valence-corrected chi connectivity index (χ1v) is 5.76. The predicted molar refractivity (Wildman–Crippen MR) is 55.8 cm³/mol. The Bertz CT molecular complexity index is 163. The van der Waals surface area contributed by atoms with E-state index in [1.165, 1.54) is 38.9 Å². The highest BCUT2D eigenvalue weighted by Crippen LogP contribution is 2.25. The molecule has 2 heteroatoms. The maximum absolute atomic E-state index is 3.77.